The molecule has 3 aliphatic rings. The number of carbonyl (C=O) groups excluding carboxylic acids is 3. The summed E-state index contributed by atoms with van der Waals surface area (Å²) in [6.07, 6.45) is 0.0800. The summed E-state index contributed by atoms with van der Waals surface area (Å²) in [5, 5.41) is 31.0. The van der Waals surface area contributed by atoms with Gasteiger partial charge in [0.1, 0.15) is 11.5 Å². The molecule has 3 fully saturated rings. The third-order valence-corrected chi connectivity index (χ3v) is 7.29. The summed E-state index contributed by atoms with van der Waals surface area (Å²) < 4.78 is 0. The lowest BCUT2D eigenvalue weighted by atomic mass is 9.51. The van der Waals surface area contributed by atoms with E-state index in [2.05, 4.69) is 6.58 Å². The van der Waals surface area contributed by atoms with E-state index in [0.717, 1.165) is 6.26 Å². The maximum atomic E-state index is 13.2. The van der Waals surface area contributed by atoms with E-state index in [9.17, 15) is 29.7 Å². The van der Waals surface area contributed by atoms with E-state index in [0.29, 0.717) is 24.8 Å². The molecule has 6 heteroatoms. The first-order valence-corrected chi connectivity index (χ1v) is 9.48. The summed E-state index contributed by atoms with van der Waals surface area (Å²) in [7, 11) is 0. The number of aliphatic hydroxyl groups excluding tert-OH is 3. The molecular formula is C21H28O6. The standard InChI is InChI=1S/C21H28O6/c1-10-14-6-5-13-7-15(20(3,4)8-12(9-22)11(2)23)16(24)19(27)21(13,17(10)25)18(14)26/h9,13-16,18,22,24,26H,1,5-8H2,2-4H3/b12-9-. The highest BCUT2D eigenvalue weighted by Crippen LogP contribution is 2.61. The fourth-order valence-electron chi connectivity index (χ4n) is 5.70. The molecular weight excluding hydrogens is 348 g/mol. The van der Waals surface area contributed by atoms with Crippen molar-refractivity contribution in [1.29, 1.82) is 0 Å². The second-order valence-corrected chi connectivity index (χ2v) is 9.08. The van der Waals surface area contributed by atoms with Crippen molar-refractivity contribution in [2.45, 2.75) is 58.7 Å². The van der Waals surface area contributed by atoms with Gasteiger partial charge in [0.2, 0.25) is 0 Å². The van der Waals surface area contributed by atoms with E-state index in [1.165, 1.54) is 6.92 Å². The first kappa shape index (κ1) is 20.0. The number of Topliss-reactive ketones (excluding diaryl/α,β-unsaturated/α-hetero) is 3. The molecule has 6 atom stereocenters. The number of ketones is 3. The topological polar surface area (TPSA) is 112 Å². The summed E-state index contributed by atoms with van der Waals surface area (Å²) in [6, 6.07) is 0. The molecule has 3 aliphatic carbocycles. The van der Waals surface area contributed by atoms with Crippen molar-refractivity contribution >= 4 is 17.3 Å². The van der Waals surface area contributed by atoms with Crippen LogP contribution >= 0.6 is 0 Å². The number of carbonyl (C=O) groups is 3. The van der Waals surface area contributed by atoms with E-state index in [1.54, 1.807) is 0 Å². The maximum absolute atomic E-state index is 13.2. The molecule has 6 nitrogen and oxygen atoms in total. The predicted octanol–water partition coefficient (Wildman–Crippen LogP) is 1.90. The van der Waals surface area contributed by atoms with Crippen LogP contribution in [0.25, 0.3) is 0 Å². The van der Waals surface area contributed by atoms with Crippen LogP contribution in [0.1, 0.15) is 46.5 Å². The number of fused-ring (bicyclic) bond motifs is 1. The Labute approximate surface area is 159 Å². The largest absolute Gasteiger partial charge is 0.515 e. The van der Waals surface area contributed by atoms with Crippen LogP contribution in [0.5, 0.6) is 0 Å². The van der Waals surface area contributed by atoms with E-state index in [1.807, 2.05) is 13.8 Å². The van der Waals surface area contributed by atoms with Gasteiger partial charge in [-0.3, -0.25) is 14.4 Å². The van der Waals surface area contributed by atoms with Crippen molar-refractivity contribution in [1.82, 2.24) is 0 Å². The lowest BCUT2D eigenvalue weighted by Gasteiger charge is -2.52. The Morgan fingerprint density at radius 1 is 1.30 bits per heavy atom. The van der Waals surface area contributed by atoms with E-state index < -0.39 is 46.4 Å². The van der Waals surface area contributed by atoms with E-state index in [4.69, 9.17) is 0 Å². The van der Waals surface area contributed by atoms with E-state index >= 15 is 0 Å². The maximum Gasteiger partial charge on any atom is 0.178 e. The number of rotatable bonds is 4. The van der Waals surface area contributed by atoms with Crippen molar-refractivity contribution in [3.05, 3.63) is 24.0 Å². The lowest BCUT2D eigenvalue weighted by molar-refractivity contribution is -0.175. The highest BCUT2D eigenvalue weighted by molar-refractivity contribution is 6.19. The minimum atomic E-state index is -1.57. The SMILES string of the molecule is C=C1C(=O)C23C(=O)C(O)C(C(C)(C)C/C(=C/O)C(C)=O)CC2CCC1C3O. The van der Waals surface area contributed by atoms with Gasteiger partial charge in [-0.15, -0.1) is 0 Å². The molecule has 3 rings (SSSR count). The second-order valence-electron chi connectivity index (χ2n) is 9.08. The van der Waals surface area contributed by atoms with Crippen LogP contribution in [0.2, 0.25) is 0 Å². The van der Waals surface area contributed by atoms with Crippen molar-refractivity contribution in [2.24, 2.45) is 28.6 Å². The van der Waals surface area contributed by atoms with Gasteiger partial charge < -0.3 is 15.3 Å². The molecule has 1 spiro atoms. The van der Waals surface area contributed by atoms with Crippen molar-refractivity contribution in [3.8, 4) is 0 Å². The summed E-state index contributed by atoms with van der Waals surface area (Å²) in [5.74, 6) is -2.54. The minimum Gasteiger partial charge on any atom is -0.515 e. The first-order chi connectivity index (χ1) is 12.5. The second kappa shape index (κ2) is 6.38. The Morgan fingerprint density at radius 3 is 2.48 bits per heavy atom. The molecule has 0 aromatic carbocycles. The molecule has 6 unspecified atom stereocenters. The van der Waals surface area contributed by atoms with Gasteiger partial charge in [-0.25, -0.2) is 0 Å². The third kappa shape index (κ3) is 2.57. The molecule has 0 heterocycles. The smallest absolute Gasteiger partial charge is 0.178 e. The number of hydrogen-bond donors (Lipinski definition) is 3. The van der Waals surface area contributed by atoms with Gasteiger partial charge in [-0.2, -0.15) is 0 Å². The zero-order valence-corrected chi connectivity index (χ0v) is 16.1. The average Bonchev–Trinajstić information content (AvgIpc) is 2.71. The zero-order chi connectivity index (χ0) is 20.3. The van der Waals surface area contributed by atoms with Crippen molar-refractivity contribution in [2.75, 3.05) is 0 Å². The summed E-state index contributed by atoms with van der Waals surface area (Å²) in [6.45, 7) is 8.84. The van der Waals surface area contributed by atoms with Gasteiger partial charge in [-0.05, 0) is 55.4 Å². The number of hydrogen-bond acceptors (Lipinski definition) is 6. The van der Waals surface area contributed by atoms with Gasteiger partial charge in [0, 0.05) is 11.5 Å². The van der Waals surface area contributed by atoms with Gasteiger partial charge >= 0.3 is 0 Å². The van der Waals surface area contributed by atoms with Crippen LogP contribution in [-0.2, 0) is 14.4 Å². The molecule has 3 N–H and O–H groups in total. The minimum absolute atomic E-state index is 0.208. The number of allylic oxidation sites excluding steroid dienone is 1. The first-order valence-electron chi connectivity index (χ1n) is 9.48. The summed E-state index contributed by atoms with van der Waals surface area (Å²) in [4.78, 5) is 37.8. The van der Waals surface area contributed by atoms with Crippen LogP contribution < -0.4 is 0 Å². The van der Waals surface area contributed by atoms with Gasteiger partial charge in [-0.1, -0.05) is 20.4 Å². The molecule has 2 bridgehead atoms. The Hall–Kier alpha value is -1.79. The Morgan fingerprint density at radius 2 is 1.93 bits per heavy atom. The van der Waals surface area contributed by atoms with Crippen LogP contribution in [0.3, 0.4) is 0 Å². The fraction of sp³-hybridized carbons (Fsp3) is 0.667. The van der Waals surface area contributed by atoms with E-state index in [-0.39, 0.29) is 23.7 Å². The monoisotopic (exact) mass is 376 g/mol. The zero-order valence-electron chi connectivity index (χ0n) is 16.1. The molecule has 0 aromatic heterocycles. The molecule has 148 valence electrons. The Balaban J connectivity index is 1.96. The normalized spacial score (nSPS) is 39.5. The van der Waals surface area contributed by atoms with Gasteiger partial charge in [0.25, 0.3) is 0 Å². The predicted molar refractivity (Wildman–Crippen MR) is 97.7 cm³/mol. The quantitative estimate of drug-likeness (QED) is 0.392. The van der Waals surface area contributed by atoms with Crippen molar-refractivity contribution < 1.29 is 29.7 Å². The molecule has 0 saturated heterocycles. The van der Waals surface area contributed by atoms with Crippen LogP contribution in [0.15, 0.2) is 24.0 Å². The fourth-order valence-corrected chi connectivity index (χ4v) is 5.70. The van der Waals surface area contributed by atoms with Crippen LogP contribution in [-0.4, -0.2) is 44.9 Å². The average molecular weight is 376 g/mol. The summed E-state index contributed by atoms with van der Waals surface area (Å²) >= 11 is 0. The molecule has 0 amide bonds. The Bertz CT molecular complexity index is 748. The van der Waals surface area contributed by atoms with Crippen molar-refractivity contribution in [3.63, 3.8) is 0 Å². The molecule has 0 aliphatic heterocycles. The van der Waals surface area contributed by atoms with Gasteiger partial charge in [0.05, 0.1) is 12.4 Å². The third-order valence-electron chi connectivity index (χ3n) is 7.29. The van der Waals surface area contributed by atoms with Crippen LogP contribution in [0.4, 0.5) is 0 Å². The highest BCUT2D eigenvalue weighted by Gasteiger charge is 2.70. The Kier molecular flexibility index (Phi) is 4.72. The van der Waals surface area contributed by atoms with Gasteiger partial charge in [0.15, 0.2) is 17.3 Å². The summed E-state index contributed by atoms with van der Waals surface area (Å²) in [5.41, 5.74) is -1.70. The molecule has 0 radical (unpaired) electrons. The van der Waals surface area contributed by atoms with Crippen LogP contribution in [0, 0.1) is 28.6 Å². The lowest BCUT2D eigenvalue weighted by Crippen LogP contribution is -2.63. The molecule has 0 aromatic rings. The highest BCUT2D eigenvalue weighted by atomic mass is 16.3. The number of aliphatic hydroxyl groups is 3. The molecule has 3 saturated carbocycles. The molecule has 27 heavy (non-hydrogen) atoms.